The number of hydrogen-bond acceptors (Lipinski definition) is 2. The van der Waals surface area contributed by atoms with Gasteiger partial charge in [-0.1, -0.05) is 255 Å². The molecule has 0 saturated carbocycles. The van der Waals surface area contributed by atoms with Crippen molar-refractivity contribution in [2.24, 2.45) is 0 Å². The molecule has 0 N–H and O–H groups in total. The number of fused-ring (bicyclic) bond motifs is 12. The highest BCUT2D eigenvalue weighted by molar-refractivity contribution is 6.34. The second kappa shape index (κ2) is 21.6. The lowest BCUT2D eigenvalue weighted by atomic mass is 9.80. The van der Waals surface area contributed by atoms with Gasteiger partial charge in [-0.05, 0) is 162 Å². The van der Waals surface area contributed by atoms with Crippen molar-refractivity contribution in [1.82, 2.24) is 9.13 Å². The molecule has 0 saturated heterocycles. The second-order valence-corrected chi connectivity index (χ2v) is 24.6. The Morgan fingerprint density at radius 2 is 0.383 bits per heavy atom. The zero-order chi connectivity index (χ0) is 61.8. The topological polar surface area (TPSA) is 16.3 Å². The van der Waals surface area contributed by atoms with E-state index in [1.54, 1.807) is 0 Å². The van der Waals surface area contributed by atoms with Crippen molar-refractivity contribution in [2.45, 2.75) is 0 Å². The lowest BCUT2D eigenvalue weighted by Crippen LogP contribution is -2.11. The molecule has 19 aromatic rings. The molecule has 0 atom stereocenters. The number of hydrogen-bond donors (Lipinski definition) is 0. The fraction of sp³-hybridized carbons (Fsp3) is 0. The smallest absolute Gasteiger partial charge is 0.0618 e. The van der Waals surface area contributed by atoms with Gasteiger partial charge in [-0.2, -0.15) is 0 Å². The van der Waals surface area contributed by atoms with Gasteiger partial charge < -0.3 is 18.9 Å². The van der Waals surface area contributed by atoms with E-state index in [4.69, 9.17) is 0 Å². The van der Waals surface area contributed by atoms with Gasteiger partial charge in [-0.15, -0.1) is 0 Å². The minimum Gasteiger partial charge on any atom is -0.309 e. The number of para-hydroxylation sites is 6. The summed E-state index contributed by atoms with van der Waals surface area (Å²) in [5.41, 5.74) is 18.5. The Morgan fingerprint density at radius 1 is 0.160 bits per heavy atom. The Labute approximate surface area is 543 Å². The van der Waals surface area contributed by atoms with E-state index < -0.39 is 0 Å². The van der Waals surface area contributed by atoms with Crippen molar-refractivity contribution in [3.8, 4) is 33.6 Å². The molecule has 17 aromatic carbocycles. The molecule has 4 nitrogen and oxygen atoms in total. The van der Waals surface area contributed by atoms with Crippen molar-refractivity contribution in [2.75, 3.05) is 9.80 Å². The van der Waals surface area contributed by atoms with Crippen LogP contribution in [0, 0.1) is 0 Å². The number of rotatable bonds is 10. The SMILES string of the molecule is c1ccc(N(c2ccc3c(c2)c2ccccc2n3-c2ccccc2)c2c3ccccc3c(-c3c4ccccc4c(-c4c5ccccc5c(N(c5ccccc5)c5ccc6c(c5)c5ccccc5n6-c5ccccc5)c5ccccc45)c4ccccc34)c3ccccc23)cc1. The van der Waals surface area contributed by atoms with E-state index in [1.165, 1.54) is 131 Å². The van der Waals surface area contributed by atoms with E-state index in [0.717, 1.165) is 45.5 Å². The van der Waals surface area contributed by atoms with Crippen LogP contribution in [0.2, 0.25) is 0 Å². The van der Waals surface area contributed by atoms with Crippen molar-refractivity contribution >= 4 is 142 Å². The molecular weight excluding hydrogens is 1140 g/mol. The maximum atomic E-state index is 2.50. The summed E-state index contributed by atoms with van der Waals surface area (Å²) in [6, 6.07) is 130. The Bertz CT molecular complexity index is 5670. The number of benzene rings is 17. The molecule has 94 heavy (non-hydrogen) atoms. The molecule has 2 heterocycles. The lowest BCUT2D eigenvalue weighted by Gasteiger charge is -2.30. The molecule has 4 heteroatoms. The average molecular weight is 1200 g/mol. The van der Waals surface area contributed by atoms with Crippen molar-refractivity contribution in [1.29, 1.82) is 0 Å². The van der Waals surface area contributed by atoms with E-state index in [9.17, 15) is 0 Å². The van der Waals surface area contributed by atoms with Crippen LogP contribution >= 0.6 is 0 Å². The number of nitrogens with zero attached hydrogens (tertiary/aromatic N) is 4. The Kier molecular flexibility index (Phi) is 12.3. The largest absolute Gasteiger partial charge is 0.309 e. The van der Waals surface area contributed by atoms with Crippen LogP contribution < -0.4 is 9.80 Å². The fourth-order valence-corrected chi connectivity index (χ4v) is 15.8. The Morgan fingerprint density at radius 3 is 0.681 bits per heavy atom. The first kappa shape index (κ1) is 53.3. The van der Waals surface area contributed by atoms with Gasteiger partial charge in [0, 0.05) is 77.2 Å². The van der Waals surface area contributed by atoms with Crippen LogP contribution in [0.25, 0.3) is 142 Å². The van der Waals surface area contributed by atoms with Crippen LogP contribution in [0.15, 0.2) is 352 Å². The maximum absolute atomic E-state index is 2.50. The van der Waals surface area contributed by atoms with E-state index in [2.05, 4.69) is 371 Å². The van der Waals surface area contributed by atoms with E-state index in [-0.39, 0.29) is 0 Å². The van der Waals surface area contributed by atoms with Gasteiger partial charge in [0.05, 0.1) is 33.4 Å². The van der Waals surface area contributed by atoms with Crippen LogP contribution in [0.3, 0.4) is 0 Å². The standard InChI is InChI=1S/C90H58N4/c1-5-29-59(30-6-1)91(63-53-55-83-79(57-63)65-37-25-27-51-81(65)93(83)61-33-9-3-10-34-61)89-75-47-21-17-43-71(75)87(72-44-18-22-48-76(72)89)85-67-39-13-15-41-69(67)86(70-42-16-14-40-68(70)85)88-73-45-19-23-49-77(73)90(78-50-24-20-46-74(78)88)92(60-31-7-2-8-32-60)64-54-56-84-80(58-64)66-38-26-28-52-82(66)94(84)62-35-11-4-12-36-62/h1-58H. The molecule has 0 amide bonds. The first-order valence-corrected chi connectivity index (χ1v) is 32.4. The molecule has 0 bridgehead atoms. The molecule has 438 valence electrons. The summed E-state index contributed by atoms with van der Waals surface area (Å²) in [5, 5.41) is 19.0. The monoisotopic (exact) mass is 1190 g/mol. The minimum atomic E-state index is 1.09. The van der Waals surface area contributed by atoms with Gasteiger partial charge in [0.15, 0.2) is 0 Å². The van der Waals surface area contributed by atoms with E-state index >= 15 is 0 Å². The molecule has 19 rings (SSSR count). The quantitative estimate of drug-likeness (QED) is 0.127. The second-order valence-electron chi connectivity index (χ2n) is 24.6. The number of aromatic nitrogens is 2. The van der Waals surface area contributed by atoms with Gasteiger partial charge >= 0.3 is 0 Å². The van der Waals surface area contributed by atoms with Gasteiger partial charge in [0.25, 0.3) is 0 Å². The molecule has 0 radical (unpaired) electrons. The third-order valence-electron chi connectivity index (χ3n) is 19.6. The summed E-state index contributed by atoms with van der Waals surface area (Å²) in [6.45, 7) is 0. The van der Waals surface area contributed by atoms with Gasteiger partial charge in [-0.25, -0.2) is 0 Å². The third kappa shape index (κ3) is 8.13. The molecule has 0 aliphatic heterocycles. The van der Waals surface area contributed by atoms with Crippen LogP contribution in [-0.4, -0.2) is 9.13 Å². The molecule has 0 fully saturated rings. The van der Waals surface area contributed by atoms with Crippen LogP contribution in [-0.2, 0) is 0 Å². The normalized spacial score (nSPS) is 11.8. The predicted molar refractivity (Wildman–Crippen MR) is 400 cm³/mol. The van der Waals surface area contributed by atoms with E-state index in [1.807, 2.05) is 0 Å². The van der Waals surface area contributed by atoms with Crippen LogP contribution in [0.5, 0.6) is 0 Å². The zero-order valence-electron chi connectivity index (χ0n) is 51.3. The van der Waals surface area contributed by atoms with Crippen LogP contribution in [0.1, 0.15) is 0 Å². The van der Waals surface area contributed by atoms with Gasteiger partial charge in [0.2, 0.25) is 0 Å². The summed E-state index contributed by atoms with van der Waals surface area (Å²) in [5.74, 6) is 0. The fourth-order valence-electron chi connectivity index (χ4n) is 15.8. The maximum Gasteiger partial charge on any atom is 0.0618 e. The third-order valence-corrected chi connectivity index (χ3v) is 19.6. The molecule has 2 aromatic heterocycles. The summed E-state index contributed by atoms with van der Waals surface area (Å²) in [7, 11) is 0. The zero-order valence-corrected chi connectivity index (χ0v) is 51.3. The highest BCUT2D eigenvalue weighted by Gasteiger charge is 2.29. The summed E-state index contributed by atoms with van der Waals surface area (Å²) in [6.07, 6.45) is 0. The first-order chi connectivity index (χ1) is 46.7. The van der Waals surface area contributed by atoms with Crippen molar-refractivity contribution in [3.05, 3.63) is 352 Å². The van der Waals surface area contributed by atoms with Gasteiger partial charge in [-0.3, -0.25) is 0 Å². The van der Waals surface area contributed by atoms with Crippen molar-refractivity contribution < 1.29 is 0 Å². The predicted octanol–water partition coefficient (Wildman–Crippen LogP) is 25.1. The molecule has 0 unspecified atom stereocenters. The average Bonchev–Trinajstić information content (AvgIpc) is 0.920. The highest BCUT2D eigenvalue weighted by atomic mass is 15.2. The molecule has 0 aliphatic carbocycles. The van der Waals surface area contributed by atoms with Crippen molar-refractivity contribution in [3.63, 3.8) is 0 Å². The summed E-state index contributed by atoms with van der Waals surface area (Å²) < 4.78 is 4.80. The van der Waals surface area contributed by atoms with Gasteiger partial charge in [0.1, 0.15) is 0 Å². The number of anilines is 6. The highest BCUT2D eigenvalue weighted by Crippen LogP contribution is 2.56. The van der Waals surface area contributed by atoms with E-state index in [0.29, 0.717) is 0 Å². The van der Waals surface area contributed by atoms with Crippen LogP contribution in [0.4, 0.5) is 34.1 Å². The summed E-state index contributed by atoms with van der Waals surface area (Å²) in [4.78, 5) is 5.01. The Balaban J connectivity index is 0.854. The first-order valence-electron chi connectivity index (χ1n) is 32.4. The molecule has 0 aliphatic rings. The molecular formula is C90H58N4. The summed E-state index contributed by atoms with van der Waals surface area (Å²) >= 11 is 0. The lowest BCUT2D eigenvalue weighted by molar-refractivity contribution is 1.18. The molecule has 0 spiro atoms. The minimum absolute atomic E-state index is 1.09. The Hall–Kier alpha value is -12.5.